The van der Waals surface area contributed by atoms with Crippen LogP contribution in [-0.2, 0) is 16.0 Å². The zero-order valence-electron chi connectivity index (χ0n) is 9.52. The molecule has 5 heteroatoms. The van der Waals surface area contributed by atoms with Crippen LogP contribution in [0.4, 0.5) is 5.69 Å². The van der Waals surface area contributed by atoms with Gasteiger partial charge in [-0.1, -0.05) is 0 Å². The Bertz CT molecular complexity index is 362. The standard InChI is InChI=1S/C11H18N2O3/c1-15-6-2-7-16-8-5-13-9-10(12)3-4-11(13)14/h3-4,9H,2,5-8,12H2,1H3. The van der Waals surface area contributed by atoms with Gasteiger partial charge >= 0.3 is 0 Å². The molecule has 2 N–H and O–H groups in total. The fourth-order valence-corrected chi connectivity index (χ4v) is 1.29. The smallest absolute Gasteiger partial charge is 0.250 e. The molecular formula is C11H18N2O3. The maximum atomic E-state index is 11.4. The summed E-state index contributed by atoms with van der Waals surface area (Å²) in [5.74, 6) is 0. The average Bonchev–Trinajstić information content (AvgIpc) is 2.28. The van der Waals surface area contributed by atoms with Crippen molar-refractivity contribution in [2.45, 2.75) is 13.0 Å². The van der Waals surface area contributed by atoms with Crippen LogP contribution < -0.4 is 11.3 Å². The van der Waals surface area contributed by atoms with Crippen LogP contribution in [0, 0.1) is 0 Å². The summed E-state index contributed by atoms with van der Waals surface area (Å²) in [5, 5.41) is 0. The van der Waals surface area contributed by atoms with Crippen molar-refractivity contribution in [3.63, 3.8) is 0 Å². The molecule has 0 saturated heterocycles. The van der Waals surface area contributed by atoms with E-state index in [1.165, 1.54) is 6.07 Å². The summed E-state index contributed by atoms with van der Waals surface area (Å²) in [6.07, 6.45) is 2.49. The van der Waals surface area contributed by atoms with E-state index in [1.807, 2.05) is 0 Å². The minimum Gasteiger partial charge on any atom is -0.398 e. The van der Waals surface area contributed by atoms with Crippen molar-refractivity contribution in [1.82, 2.24) is 4.57 Å². The van der Waals surface area contributed by atoms with Gasteiger partial charge in [0.1, 0.15) is 0 Å². The Morgan fingerprint density at radius 1 is 1.31 bits per heavy atom. The third-order valence-corrected chi connectivity index (χ3v) is 2.12. The van der Waals surface area contributed by atoms with E-state index in [0.717, 1.165) is 6.42 Å². The summed E-state index contributed by atoms with van der Waals surface area (Å²) >= 11 is 0. The van der Waals surface area contributed by atoms with Gasteiger partial charge in [-0.25, -0.2) is 0 Å². The molecule has 0 spiro atoms. The molecule has 0 bridgehead atoms. The van der Waals surface area contributed by atoms with E-state index >= 15 is 0 Å². The van der Waals surface area contributed by atoms with E-state index in [-0.39, 0.29) is 5.56 Å². The number of nitrogens with two attached hydrogens (primary N) is 1. The van der Waals surface area contributed by atoms with Crippen LogP contribution in [-0.4, -0.2) is 31.5 Å². The number of methoxy groups -OCH3 is 1. The molecule has 1 rings (SSSR count). The van der Waals surface area contributed by atoms with Gasteiger partial charge in [-0.05, 0) is 12.5 Å². The Balaban J connectivity index is 2.26. The summed E-state index contributed by atoms with van der Waals surface area (Å²) in [6, 6.07) is 3.05. The highest BCUT2D eigenvalue weighted by atomic mass is 16.5. The fourth-order valence-electron chi connectivity index (χ4n) is 1.29. The number of aromatic nitrogens is 1. The molecule has 90 valence electrons. The molecule has 0 aliphatic carbocycles. The minimum absolute atomic E-state index is 0.0605. The largest absolute Gasteiger partial charge is 0.398 e. The van der Waals surface area contributed by atoms with Gasteiger partial charge in [0.2, 0.25) is 0 Å². The minimum atomic E-state index is -0.0605. The van der Waals surface area contributed by atoms with E-state index in [9.17, 15) is 4.79 Å². The average molecular weight is 226 g/mol. The van der Waals surface area contributed by atoms with Gasteiger partial charge in [-0.2, -0.15) is 0 Å². The lowest BCUT2D eigenvalue weighted by Gasteiger charge is -2.07. The topological polar surface area (TPSA) is 66.5 Å². The van der Waals surface area contributed by atoms with Crippen LogP contribution in [0.5, 0.6) is 0 Å². The summed E-state index contributed by atoms with van der Waals surface area (Å²) in [4.78, 5) is 11.4. The first kappa shape index (κ1) is 12.7. The Labute approximate surface area is 94.8 Å². The van der Waals surface area contributed by atoms with Crippen molar-refractivity contribution in [3.05, 3.63) is 28.7 Å². The monoisotopic (exact) mass is 226 g/mol. The molecule has 0 aliphatic rings. The van der Waals surface area contributed by atoms with Gasteiger partial charge in [-0.3, -0.25) is 4.79 Å². The van der Waals surface area contributed by atoms with Crippen LogP contribution in [0.1, 0.15) is 6.42 Å². The first-order valence-electron chi connectivity index (χ1n) is 5.26. The van der Waals surface area contributed by atoms with Gasteiger partial charge in [0.05, 0.1) is 6.61 Å². The molecule has 0 aliphatic heterocycles. The van der Waals surface area contributed by atoms with E-state index in [2.05, 4.69) is 0 Å². The van der Waals surface area contributed by atoms with Gasteiger partial charge in [0, 0.05) is 44.8 Å². The van der Waals surface area contributed by atoms with Gasteiger partial charge in [-0.15, -0.1) is 0 Å². The third kappa shape index (κ3) is 4.46. The molecule has 0 atom stereocenters. The molecule has 5 nitrogen and oxygen atoms in total. The van der Waals surface area contributed by atoms with Gasteiger partial charge < -0.3 is 19.8 Å². The second-order valence-electron chi connectivity index (χ2n) is 3.45. The fraction of sp³-hybridized carbons (Fsp3) is 0.545. The highest BCUT2D eigenvalue weighted by Gasteiger charge is 1.96. The number of hydrogen-bond donors (Lipinski definition) is 1. The SMILES string of the molecule is COCCCOCCn1cc(N)ccc1=O. The lowest BCUT2D eigenvalue weighted by atomic mass is 10.4. The Kier molecular flexibility index (Phi) is 5.60. The molecule has 0 aromatic carbocycles. The molecule has 1 aromatic rings. The zero-order chi connectivity index (χ0) is 11.8. The number of ether oxygens (including phenoxy) is 2. The van der Waals surface area contributed by atoms with Crippen LogP contribution in [0.2, 0.25) is 0 Å². The Morgan fingerprint density at radius 3 is 2.88 bits per heavy atom. The highest BCUT2D eigenvalue weighted by molar-refractivity contribution is 5.33. The highest BCUT2D eigenvalue weighted by Crippen LogP contribution is 1.95. The number of anilines is 1. The number of hydrogen-bond acceptors (Lipinski definition) is 4. The summed E-state index contributed by atoms with van der Waals surface area (Å²) in [5.41, 5.74) is 6.10. The predicted octanol–water partition coefficient (Wildman–Crippen LogP) is 0.484. The number of nitrogen functional groups attached to an aromatic ring is 1. The molecule has 0 saturated carbocycles. The molecule has 16 heavy (non-hydrogen) atoms. The number of nitrogens with zero attached hydrogens (tertiary/aromatic N) is 1. The Hall–Kier alpha value is -1.33. The van der Waals surface area contributed by atoms with Crippen molar-refractivity contribution in [3.8, 4) is 0 Å². The number of pyridine rings is 1. The lowest BCUT2D eigenvalue weighted by Crippen LogP contribution is -2.21. The zero-order valence-corrected chi connectivity index (χ0v) is 9.52. The van der Waals surface area contributed by atoms with Crippen LogP contribution in [0.3, 0.4) is 0 Å². The van der Waals surface area contributed by atoms with Gasteiger partial charge in [0.25, 0.3) is 5.56 Å². The first-order valence-corrected chi connectivity index (χ1v) is 5.26. The third-order valence-electron chi connectivity index (χ3n) is 2.12. The maximum absolute atomic E-state index is 11.4. The van der Waals surface area contributed by atoms with Crippen molar-refractivity contribution in [2.75, 3.05) is 32.7 Å². The van der Waals surface area contributed by atoms with Crippen LogP contribution in [0.25, 0.3) is 0 Å². The normalized spacial score (nSPS) is 10.6. The maximum Gasteiger partial charge on any atom is 0.250 e. The molecule has 0 unspecified atom stereocenters. The molecule has 0 radical (unpaired) electrons. The van der Waals surface area contributed by atoms with Gasteiger partial charge in [0.15, 0.2) is 0 Å². The van der Waals surface area contributed by atoms with Crippen molar-refractivity contribution < 1.29 is 9.47 Å². The van der Waals surface area contributed by atoms with E-state index in [1.54, 1.807) is 23.9 Å². The molecule has 0 fully saturated rings. The molecule has 1 aromatic heterocycles. The van der Waals surface area contributed by atoms with Crippen LogP contribution >= 0.6 is 0 Å². The molecule has 1 heterocycles. The predicted molar refractivity (Wildman–Crippen MR) is 62.4 cm³/mol. The van der Waals surface area contributed by atoms with Crippen molar-refractivity contribution >= 4 is 5.69 Å². The van der Waals surface area contributed by atoms with E-state index in [4.69, 9.17) is 15.2 Å². The van der Waals surface area contributed by atoms with Crippen molar-refractivity contribution in [2.24, 2.45) is 0 Å². The molecule has 0 amide bonds. The van der Waals surface area contributed by atoms with Crippen molar-refractivity contribution in [1.29, 1.82) is 0 Å². The Morgan fingerprint density at radius 2 is 2.12 bits per heavy atom. The lowest BCUT2D eigenvalue weighted by molar-refractivity contribution is 0.0973. The van der Waals surface area contributed by atoms with Crippen LogP contribution in [0.15, 0.2) is 23.1 Å². The van der Waals surface area contributed by atoms with E-state index < -0.39 is 0 Å². The first-order chi connectivity index (χ1) is 7.74. The quantitative estimate of drug-likeness (QED) is 0.687. The summed E-state index contributed by atoms with van der Waals surface area (Å²) < 4.78 is 11.8. The molecular weight excluding hydrogens is 208 g/mol. The number of rotatable bonds is 7. The second kappa shape index (κ2) is 7.03. The van der Waals surface area contributed by atoms with E-state index in [0.29, 0.717) is 32.1 Å². The summed E-state index contributed by atoms with van der Waals surface area (Å²) in [6.45, 7) is 2.37. The second-order valence-corrected chi connectivity index (χ2v) is 3.45. The summed E-state index contributed by atoms with van der Waals surface area (Å²) in [7, 11) is 1.66.